The van der Waals surface area contributed by atoms with Gasteiger partial charge in [-0.1, -0.05) is 23.5 Å². The van der Waals surface area contributed by atoms with Gasteiger partial charge in [0.1, 0.15) is 5.82 Å². The lowest BCUT2D eigenvalue weighted by atomic mass is 10.1. The molecule has 0 saturated carbocycles. The standard InChI is InChI=1S/C16H16N4OS/c1-10-17-12-7-8-20(9-11(12)15(21)19(10)2)16-18-13-5-3-4-6-14(13)22-16/h3-6H,7-9H2,1-2H3. The molecule has 0 bridgehead atoms. The van der Waals surface area contributed by atoms with E-state index in [0.717, 1.165) is 40.7 Å². The highest BCUT2D eigenvalue weighted by Gasteiger charge is 2.23. The van der Waals surface area contributed by atoms with E-state index in [4.69, 9.17) is 4.98 Å². The second kappa shape index (κ2) is 4.91. The van der Waals surface area contributed by atoms with Gasteiger partial charge in [-0.15, -0.1) is 0 Å². The van der Waals surface area contributed by atoms with Crippen molar-refractivity contribution in [3.63, 3.8) is 0 Å². The Morgan fingerprint density at radius 3 is 2.86 bits per heavy atom. The molecule has 112 valence electrons. The first-order chi connectivity index (χ1) is 10.6. The Kier molecular flexibility index (Phi) is 3.00. The predicted molar refractivity (Wildman–Crippen MR) is 88.6 cm³/mol. The summed E-state index contributed by atoms with van der Waals surface area (Å²) in [5.74, 6) is 0.775. The molecule has 22 heavy (non-hydrogen) atoms. The van der Waals surface area contributed by atoms with Crippen LogP contribution in [0.3, 0.4) is 0 Å². The van der Waals surface area contributed by atoms with E-state index in [1.807, 2.05) is 25.1 Å². The lowest BCUT2D eigenvalue weighted by Crippen LogP contribution is -2.38. The Labute approximate surface area is 131 Å². The number of nitrogens with zero attached hydrogens (tertiary/aromatic N) is 4. The summed E-state index contributed by atoms with van der Waals surface area (Å²) in [6.45, 7) is 3.32. The molecule has 0 unspecified atom stereocenters. The summed E-state index contributed by atoms with van der Waals surface area (Å²) in [6.07, 6.45) is 0.794. The molecule has 0 spiro atoms. The molecular weight excluding hydrogens is 296 g/mol. The van der Waals surface area contributed by atoms with Crippen LogP contribution in [-0.4, -0.2) is 21.1 Å². The summed E-state index contributed by atoms with van der Waals surface area (Å²) >= 11 is 1.68. The summed E-state index contributed by atoms with van der Waals surface area (Å²) in [5.41, 5.74) is 2.83. The number of hydrogen-bond donors (Lipinski definition) is 0. The molecule has 1 aromatic carbocycles. The third-order valence-corrected chi connectivity index (χ3v) is 5.31. The zero-order valence-electron chi connectivity index (χ0n) is 12.5. The quantitative estimate of drug-likeness (QED) is 0.691. The van der Waals surface area contributed by atoms with Gasteiger partial charge in [0.15, 0.2) is 5.13 Å². The summed E-state index contributed by atoms with van der Waals surface area (Å²) in [6, 6.07) is 8.13. The van der Waals surface area contributed by atoms with Crippen molar-refractivity contribution in [2.24, 2.45) is 7.05 Å². The summed E-state index contributed by atoms with van der Waals surface area (Å²) in [7, 11) is 1.78. The fourth-order valence-corrected chi connectivity index (χ4v) is 3.84. The Bertz CT molecular complexity index is 895. The van der Waals surface area contributed by atoms with Crippen molar-refractivity contribution >= 4 is 26.7 Å². The SMILES string of the molecule is Cc1nc2c(c(=O)n1C)CN(c1nc3ccccc3s1)CC2. The van der Waals surface area contributed by atoms with Crippen molar-refractivity contribution in [2.75, 3.05) is 11.4 Å². The van der Waals surface area contributed by atoms with Crippen LogP contribution in [0.1, 0.15) is 17.1 Å². The molecule has 5 nitrogen and oxygen atoms in total. The van der Waals surface area contributed by atoms with E-state index in [1.54, 1.807) is 23.0 Å². The first-order valence-electron chi connectivity index (χ1n) is 7.29. The monoisotopic (exact) mass is 312 g/mol. The lowest BCUT2D eigenvalue weighted by Gasteiger charge is -2.27. The van der Waals surface area contributed by atoms with Crippen molar-refractivity contribution in [3.05, 3.63) is 51.7 Å². The fourth-order valence-electron chi connectivity index (χ4n) is 2.85. The third kappa shape index (κ3) is 2.02. The number of rotatable bonds is 1. The average Bonchev–Trinajstić information content (AvgIpc) is 2.96. The molecule has 1 aliphatic heterocycles. The van der Waals surface area contributed by atoms with Gasteiger partial charge in [-0.25, -0.2) is 9.97 Å². The van der Waals surface area contributed by atoms with Crippen LogP contribution in [0.5, 0.6) is 0 Å². The summed E-state index contributed by atoms with van der Waals surface area (Å²) in [5, 5.41) is 0.981. The number of anilines is 1. The van der Waals surface area contributed by atoms with Gasteiger partial charge in [-0.3, -0.25) is 9.36 Å². The second-order valence-corrected chi connectivity index (χ2v) is 6.59. The summed E-state index contributed by atoms with van der Waals surface area (Å²) < 4.78 is 2.80. The molecule has 1 aliphatic rings. The molecule has 0 amide bonds. The van der Waals surface area contributed by atoms with Crippen LogP contribution in [0.2, 0.25) is 0 Å². The van der Waals surface area contributed by atoms with Crippen LogP contribution in [0, 0.1) is 6.92 Å². The molecule has 0 radical (unpaired) electrons. The smallest absolute Gasteiger partial charge is 0.258 e. The van der Waals surface area contributed by atoms with E-state index in [2.05, 4.69) is 16.0 Å². The maximum absolute atomic E-state index is 12.5. The molecule has 0 aliphatic carbocycles. The maximum Gasteiger partial charge on any atom is 0.258 e. The van der Waals surface area contributed by atoms with Crippen molar-refractivity contribution in [1.29, 1.82) is 0 Å². The van der Waals surface area contributed by atoms with Crippen LogP contribution < -0.4 is 10.5 Å². The first kappa shape index (κ1) is 13.5. The highest BCUT2D eigenvalue weighted by atomic mass is 32.1. The largest absolute Gasteiger partial charge is 0.343 e. The molecule has 0 saturated heterocycles. The van der Waals surface area contributed by atoms with E-state index in [9.17, 15) is 4.79 Å². The van der Waals surface area contributed by atoms with Crippen molar-refractivity contribution in [3.8, 4) is 0 Å². The van der Waals surface area contributed by atoms with E-state index in [0.29, 0.717) is 6.54 Å². The molecule has 0 fully saturated rings. The normalized spacial score (nSPS) is 14.4. The van der Waals surface area contributed by atoms with Gasteiger partial charge in [0.2, 0.25) is 0 Å². The molecule has 6 heteroatoms. The third-order valence-electron chi connectivity index (χ3n) is 4.21. The minimum Gasteiger partial charge on any atom is -0.343 e. The van der Waals surface area contributed by atoms with E-state index < -0.39 is 0 Å². The molecular formula is C16H16N4OS. The van der Waals surface area contributed by atoms with Gasteiger partial charge in [-0.2, -0.15) is 0 Å². The second-order valence-electron chi connectivity index (χ2n) is 5.58. The van der Waals surface area contributed by atoms with Crippen LogP contribution in [-0.2, 0) is 20.0 Å². The highest BCUT2D eigenvalue weighted by molar-refractivity contribution is 7.22. The van der Waals surface area contributed by atoms with Crippen LogP contribution >= 0.6 is 11.3 Å². The number of para-hydroxylation sites is 1. The van der Waals surface area contributed by atoms with Gasteiger partial charge in [0.25, 0.3) is 5.56 Å². The predicted octanol–water partition coefficient (Wildman–Crippen LogP) is 2.26. The van der Waals surface area contributed by atoms with E-state index in [-0.39, 0.29) is 5.56 Å². The molecule has 3 aromatic rings. The Balaban J connectivity index is 1.75. The van der Waals surface area contributed by atoms with E-state index >= 15 is 0 Å². The minimum absolute atomic E-state index is 0.0633. The van der Waals surface area contributed by atoms with Crippen molar-refractivity contribution in [2.45, 2.75) is 19.9 Å². The van der Waals surface area contributed by atoms with Gasteiger partial charge in [-0.05, 0) is 19.1 Å². The number of aromatic nitrogens is 3. The highest BCUT2D eigenvalue weighted by Crippen LogP contribution is 2.30. The minimum atomic E-state index is 0.0633. The number of aryl methyl sites for hydroxylation is 1. The van der Waals surface area contributed by atoms with E-state index in [1.165, 1.54) is 4.70 Å². The van der Waals surface area contributed by atoms with Crippen LogP contribution in [0.4, 0.5) is 5.13 Å². The van der Waals surface area contributed by atoms with Crippen molar-refractivity contribution in [1.82, 2.24) is 14.5 Å². The summed E-state index contributed by atoms with van der Waals surface area (Å²) in [4.78, 5) is 23.9. The van der Waals surface area contributed by atoms with Crippen LogP contribution in [0.15, 0.2) is 29.1 Å². The number of hydrogen-bond acceptors (Lipinski definition) is 5. The zero-order chi connectivity index (χ0) is 15.3. The van der Waals surface area contributed by atoms with Gasteiger partial charge in [0, 0.05) is 20.0 Å². The molecule has 3 heterocycles. The van der Waals surface area contributed by atoms with Crippen LogP contribution in [0.25, 0.3) is 10.2 Å². The van der Waals surface area contributed by atoms with Gasteiger partial charge >= 0.3 is 0 Å². The Morgan fingerprint density at radius 1 is 1.23 bits per heavy atom. The lowest BCUT2D eigenvalue weighted by molar-refractivity contribution is 0.654. The average molecular weight is 312 g/mol. The molecule has 4 rings (SSSR count). The fraction of sp³-hybridized carbons (Fsp3) is 0.312. The Morgan fingerprint density at radius 2 is 2.05 bits per heavy atom. The molecule has 0 atom stereocenters. The number of benzene rings is 1. The van der Waals surface area contributed by atoms with Crippen molar-refractivity contribution < 1.29 is 0 Å². The maximum atomic E-state index is 12.5. The first-order valence-corrected chi connectivity index (χ1v) is 8.11. The van der Waals surface area contributed by atoms with Gasteiger partial charge in [0.05, 0.1) is 28.0 Å². The molecule has 2 aromatic heterocycles. The zero-order valence-corrected chi connectivity index (χ0v) is 13.4. The van der Waals surface area contributed by atoms with Gasteiger partial charge < -0.3 is 4.90 Å². The molecule has 0 N–H and O–H groups in total. The topological polar surface area (TPSA) is 51.0 Å². The number of fused-ring (bicyclic) bond motifs is 2. The Hall–Kier alpha value is -2.21. The number of thiazole rings is 1.